The topological polar surface area (TPSA) is 91.8 Å². The fourth-order valence-electron chi connectivity index (χ4n) is 6.03. The number of amides is 3. The number of allylic oxidation sites excluding steroid dienone is 2. The minimum atomic E-state index is -0.372. The Morgan fingerprint density at radius 2 is 1.77 bits per heavy atom. The minimum absolute atomic E-state index is 0.167. The molecule has 7 rings (SSSR count). The third-order valence-corrected chi connectivity index (χ3v) is 7.43. The summed E-state index contributed by atoms with van der Waals surface area (Å²) in [5.74, 6) is 0.858. The number of carbonyl (C=O) groups excluding carboxylic acids is 3. The van der Waals surface area contributed by atoms with Crippen LogP contribution in [0.4, 0.5) is 11.5 Å². The van der Waals surface area contributed by atoms with Gasteiger partial charge in [0.1, 0.15) is 6.54 Å². The number of ether oxygens (including phenoxy) is 1. The van der Waals surface area contributed by atoms with Gasteiger partial charge in [-0.1, -0.05) is 12.2 Å². The number of hydrogen-bond donors (Lipinski definition) is 1. The number of likely N-dealkylation sites (tertiary alicyclic amines) is 1. The second-order valence-electron chi connectivity index (χ2n) is 8.94. The van der Waals surface area contributed by atoms with E-state index in [9.17, 15) is 14.4 Å². The zero-order valence-electron chi connectivity index (χ0n) is 16.6. The van der Waals surface area contributed by atoms with Gasteiger partial charge in [-0.3, -0.25) is 19.3 Å². The summed E-state index contributed by atoms with van der Waals surface area (Å²) in [6.45, 7) is 2.38. The highest BCUT2D eigenvalue weighted by molar-refractivity contribution is 6.09. The van der Waals surface area contributed by atoms with Crippen LogP contribution in [0.3, 0.4) is 0 Å². The van der Waals surface area contributed by atoms with Crippen molar-refractivity contribution in [1.82, 2.24) is 9.88 Å². The van der Waals surface area contributed by atoms with Crippen molar-refractivity contribution >= 4 is 29.2 Å². The maximum atomic E-state index is 13.1. The summed E-state index contributed by atoms with van der Waals surface area (Å²) in [5, 5.41) is 2.87. The highest BCUT2D eigenvalue weighted by atomic mass is 16.5. The van der Waals surface area contributed by atoms with Crippen LogP contribution in [-0.4, -0.2) is 60.5 Å². The first-order valence-corrected chi connectivity index (χ1v) is 10.7. The third kappa shape index (κ3) is 2.62. The molecule has 3 heterocycles. The Morgan fingerprint density at radius 3 is 2.43 bits per heavy atom. The minimum Gasteiger partial charge on any atom is -0.378 e. The first-order chi connectivity index (χ1) is 14.6. The largest absolute Gasteiger partial charge is 0.378 e. The van der Waals surface area contributed by atoms with Crippen molar-refractivity contribution in [2.45, 2.75) is 6.42 Å². The van der Waals surface area contributed by atoms with Gasteiger partial charge in [-0.15, -0.1) is 0 Å². The summed E-state index contributed by atoms with van der Waals surface area (Å²) < 4.78 is 5.39. The van der Waals surface area contributed by atoms with Crippen LogP contribution in [0.5, 0.6) is 0 Å². The molecule has 1 N–H and O–H groups in total. The molecule has 3 amide bonds. The van der Waals surface area contributed by atoms with Crippen molar-refractivity contribution in [3.8, 4) is 0 Å². The molecule has 4 aliphatic carbocycles. The number of morpholine rings is 1. The zero-order chi connectivity index (χ0) is 20.4. The van der Waals surface area contributed by atoms with Crippen LogP contribution in [0, 0.1) is 35.5 Å². The Kier molecular flexibility index (Phi) is 3.99. The lowest BCUT2D eigenvalue weighted by molar-refractivity contribution is -0.142. The van der Waals surface area contributed by atoms with Crippen LogP contribution in [0.1, 0.15) is 6.42 Å². The Hall–Kier alpha value is -2.74. The Balaban J connectivity index is 1.18. The SMILES string of the molecule is O=C(CN1C(=O)[C@@H]2[C@H]3C=C[C@@H]([C@@H]4C[C@H]34)[C@H]2C1=O)Nc1cccnc1N1CCOCC1. The highest BCUT2D eigenvalue weighted by Gasteiger charge is 2.67. The molecule has 8 heteroatoms. The third-order valence-electron chi connectivity index (χ3n) is 7.43. The molecule has 1 aromatic rings. The van der Waals surface area contributed by atoms with Crippen molar-refractivity contribution in [3.63, 3.8) is 0 Å². The van der Waals surface area contributed by atoms with E-state index in [2.05, 4.69) is 27.4 Å². The van der Waals surface area contributed by atoms with Gasteiger partial charge in [-0.2, -0.15) is 0 Å². The second kappa shape index (κ2) is 6.63. The van der Waals surface area contributed by atoms with Gasteiger partial charge < -0.3 is 15.0 Å². The van der Waals surface area contributed by atoms with Crippen LogP contribution in [0.25, 0.3) is 0 Å². The molecular formula is C22H24N4O4. The molecule has 30 heavy (non-hydrogen) atoms. The van der Waals surface area contributed by atoms with Gasteiger partial charge in [0.05, 0.1) is 30.7 Å². The number of pyridine rings is 1. The van der Waals surface area contributed by atoms with Gasteiger partial charge in [-0.05, 0) is 42.2 Å². The Labute approximate surface area is 174 Å². The Morgan fingerprint density at radius 1 is 1.10 bits per heavy atom. The number of rotatable bonds is 4. The van der Waals surface area contributed by atoms with E-state index in [1.54, 1.807) is 18.3 Å². The van der Waals surface area contributed by atoms with E-state index < -0.39 is 0 Å². The zero-order valence-corrected chi connectivity index (χ0v) is 16.6. The first kappa shape index (κ1) is 18.1. The highest BCUT2D eigenvalue weighted by Crippen LogP contribution is 2.65. The fourth-order valence-corrected chi connectivity index (χ4v) is 6.03. The predicted molar refractivity (Wildman–Crippen MR) is 107 cm³/mol. The molecule has 156 valence electrons. The molecule has 0 spiro atoms. The lowest BCUT2D eigenvalue weighted by Gasteiger charge is -2.37. The van der Waals surface area contributed by atoms with Crippen LogP contribution in [0.2, 0.25) is 0 Å². The van der Waals surface area contributed by atoms with Gasteiger partial charge in [-0.25, -0.2) is 4.98 Å². The van der Waals surface area contributed by atoms with E-state index in [-0.39, 0.29) is 47.9 Å². The fraction of sp³-hybridized carbons (Fsp3) is 0.545. The molecule has 2 saturated carbocycles. The number of nitrogens with one attached hydrogen (secondary N) is 1. The van der Waals surface area contributed by atoms with Crippen LogP contribution in [0.15, 0.2) is 30.5 Å². The summed E-state index contributed by atoms with van der Waals surface area (Å²) >= 11 is 0. The number of aromatic nitrogens is 1. The van der Waals surface area contributed by atoms with Gasteiger partial charge >= 0.3 is 0 Å². The molecule has 0 aromatic carbocycles. The lowest BCUT2D eigenvalue weighted by Crippen LogP contribution is -2.40. The average molecular weight is 408 g/mol. The molecule has 0 radical (unpaired) electrons. The molecule has 6 aliphatic rings. The van der Waals surface area contributed by atoms with E-state index in [1.165, 1.54) is 4.90 Å². The summed E-state index contributed by atoms with van der Waals surface area (Å²) in [7, 11) is 0. The second-order valence-corrected chi connectivity index (χ2v) is 8.94. The summed E-state index contributed by atoms with van der Waals surface area (Å²) in [5.41, 5.74) is 0.587. The average Bonchev–Trinajstić information content (AvgIpc) is 3.56. The van der Waals surface area contributed by atoms with E-state index in [1.807, 2.05) is 0 Å². The molecule has 6 atom stereocenters. The molecule has 2 bridgehead atoms. The monoisotopic (exact) mass is 408 g/mol. The lowest BCUT2D eigenvalue weighted by atomic mass is 9.63. The quantitative estimate of drug-likeness (QED) is 0.588. The Bertz CT molecular complexity index is 920. The molecule has 1 aromatic heterocycles. The maximum absolute atomic E-state index is 13.1. The van der Waals surface area contributed by atoms with E-state index in [0.717, 1.165) is 6.42 Å². The number of hydrogen-bond acceptors (Lipinski definition) is 6. The van der Waals surface area contributed by atoms with Crippen molar-refractivity contribution in [1.29, 1.82) is 0 Å². The smallest absolute Gasteiger partial charge is 0.244 e. The molecule has 2 saturated heterocycles. The number of carbonyl (C=O) groups is 3. The first-order valence-electron chi connectivity index (χ1n) is 10.7. The summed E-state index contributed by atoms with van der Waals surface area (Å²) in [6.07, 6.45) is 7.09. The van der Waals surface area contributed by atoms with Crippen molar-refractivity contribution < 1.29 is 19.1 Å². The van der Waals surface area contributed by atoms with Crippen molar-refractivity contribution in [3.05, 3.63) is 30.5 Å². The molecule has 8 nitrogen and oxygen atoms in total. The van der Waals surface area contributed by atoms with Gasteiger partial charge in [0.15, 0.2) is 5.82 Å². The standard InChI is InChI=1S/C22H24N4O4/c27-17(24-16-2-1-5-23-20(16)25-6-8-30-9-7-25)11-26-21(28)18-12-3-4-13(15-10-14(12)15)19(18)22(26)29/h1-5,12-15,18-19H,6-11H2,(H,24,27)/t12-,13-,14-,15+,18+,19+/m0/s1. The number of imide groups is 1. The van der Waals surface area contributed by atoms with E-state index in [0.29, 0.717) is 49.6 Å². The maximum Gasteiger partial charge on any atom is 0.244 e. The van der Waals surface area contributed by atoms with Crippen molar-refractivity contribution in [2.24, 2.45) is 35.5 Å². The van der Waals surface area contributed by atoms with Crippen LogP contribution >= 0.6 is 0 Å². The number of nitrogens with zero attached hydrogens (tertiary/aromatic N) is 3. The molecule has 4 fully saturated rings. The summed E-state index contributed by atoms with van der Waals surface area (Å²) in [4.78, 5) is 46.6. The van der Waals surface area contributed by atoms with Crippen LogP contribution in [-0.2, 0) is 19.1 Å². The van der Waals surface area contributed by atoms with Crippen LogP contribution < -0.4 is 10.2 Å². The van der Waals surface area contributed by atoms with Gasteiger partial charge in [0.2, 0.25) is 17.7 Å². The van der Waals surface area contributed by atoms with Crippen molar-refractivity contribution in [2.75, 3.05) is 43.1 Å². The molecule has 2 aliphatic heterocycles. The molecular weight excluding hydrogens is 384 g/mol. The van der Waals surface area contributed by atoms with E-state index in [4.69, 9.17) is 4.74 Å². The van der Waals surface area contributed by atoms with Gasteiger partial charge in [0, 0.05) is 19.3 Å². The number of anilines is 2. The van der Waals surface area contributed by atoms with E-state index >= 15 is 0 Å². The predicted octanol–water partition coefficient (Wildman–Crippen LogP) is 0.910. The summed E-state index contributed by atoms with van der Waals surface area (Å²) in [6, 6.07) is 3.55. The van der Waals surface area contributed by atoms with Gasteiger partial charge in [0.25, 0.3) is 0 Å². The molecule has 0 unspecified atom stereocenters. The normalized spacial score (nSPS) is 36.0.